The summed E-state index contributed by atoms with van der Waals surface area (Å²) in [6, 6.07) is 4.07. The van der Waals surface area contributed by atoms with Gasteiger partial charge in [-0.25, -0.2) is 0 Å². The molecule has 2 unspecified atom stereocenters. The van der Waals surface area contributed by atoms with Gasteiger partial charge in [-0.05, 0) is 30.9 Å². The second-order valence-electron chi connectivity index (χ2n) is 5.28. The van der Waals surface area contributed by atoms with Crippen LogP contribution in [0.15, 0.2) is 12.1 Å². The molecule has 108 valence electrons. The number of thiophene rings is 1. The number of nitrogens with two attached hydrogens (primary N) is 1. The minimum Gasteiger partial charge on any atom is -0.349 e. The zero-order valence-electron chi connectivity index (χ0n) is 11.9. The average Bonchev–Trinajstić information content (AvgIpc) is 2.94. The van der Waals surface area contributed by atoms with Crippen LogP contribution in [-0.4, -0.2) is 18.5 Å². The highest BCUT2D eigenvalue weighted by Gasteiger charge is 2.22. The highest BCUT2D eigenvalue weighted by molar-refractivity contribution is 7.14. The van der Waals surface area contributed by atoms with E-state index in [4.69, 9.17) is 5.73 Å². The van der Waals surface area contributed by atoms with Crippen molar-refractivity contribution in [3.8, 4) is 11.8 Å². The fourth-order valence-electron chi connectivity index (χ4n) is 2.71. The summed E-state index contributed by atoms with van der Waals surface area (Å²) >= 11 is 1.43. The molecule has 1 heterocycles. The summed E-state index contributed by atoms with van der Waals surface area (Å²) in [6.45, 7) is 2.58. The number of hydrogen-bond donors (Lipinski definition) is 2. The van der Waals surface area contributed by atoms with Crippen molar-refractivity contribution in [1.29, 1.82) is 0 Å². The van der Waals surface area contributed by atoms with Gasteiger partial charge in [-0.1, -0.05) is 38.0 Å². The molecule has 0 saturated heterocycles. The van der Waals surface area contributed by atoms with E-state index in [1.54, 1.807) is 0 Å². The Morgan fingerprint density at radius 2 is 2.35 bits per heavy atom. The summed E-state index contributed by atoms with van der Waals surface area (Å²) in [7, 11) is 0. The monoisotopic (exact) mass is 290 g/mol. The lowest BCUT2D eigenvalue weighted by Gasteiger charge is -2.28. The largest absolute Gasteiger partial charge is 0.349 e. The first-order valence-corrected chi connectivity index (χ1v) is 8.14. The van der Waals surface area contributed by atoms with Crippen LogP contribution in [0.2, 0.25) is 0 Å². The van der Waals surface area contributed by atoms with Crippen LogP contribution in [0.25, 0.3) is 0 Å². The van der Waals surface area contributed by atoms with Crippen LogP contribution in [0.3, 0.4) is 0 Å². The molecule has 1 aromatic heterocycles. The lowest BCUT2D eigenvalue weighted by Crippen LogP contribution is -2.38. The van der Waals surface area contributed by atoms with Crippen molar-refractivity contribution in [1.82, 2.24) is 5.32 Å². The Bertz CT molecular complexity index is 512. The van der Waals surface area contributed by atoms with Gasteiger partial charge in [0, 0.05) is 6.04 Å². The summed E-state index contributed by atoms with van der Waals surface area (Å²) in [5, 5.41) is 3.17. The molecule has 0 spiro atoms. The third-order valence-corrected chi connectivity index (χ3v) is 4.84. The summed E-state index contributed by atoms with van der Waals surface area (Å²) in [4.78, 5) is 13.9. The van der Waals surface area contributed by atoms with E-state index in [1.165, 1.54) is 30.6 Å². The number of carbonyl (C=O) groups excluding carboxylic acids is 1. The fourth-order valence-corrected chi connectivity index (χ4v) is 3.50. The van der Waals surface area contributed by atoms with E-state index in [2.05, 4.69) is 24.1 Å². The number of hydrogen-bond acceptors (Lipinski definition) is 3. The lowest BCUT2D eigenvalue weighted by atomic mass is 9.84. The van der Waals surface area contributed by atoms with Crippen LogP contribution >= 0.6 is 11.3 Å². The van der Waals surface area contributed by atoms with Gasteiger partial charge < -0.3 is 11.1 Å². The molecular formula is C16H22N2OS. The first-order valence-electron chi connectivity index (χ1n) is 7.32. The van der Waals surface area contributed by atoms with E-state index in [0.29, 0.717) is 12.6 Å². The Hall–Kier alpha value is -1.31. The third kappa shape index (κ3) is 4.09. The van der Waals surface area contributed by atoms with Crippen molar-refractivity contribution in [2.75, 3.05) is 6.54 Å². The molecule has 20 heavy (non-hydrogen) atoms. The van der Waals surface area contributed by atoms with Crippen LogP contribution in [0.5, 0.6) is 0 Å². The van der Waals surface area contributed by atoms with Crippen molar-refractivity contribution >= 4 is 17.2 Å². The zero-order chi connectivity index (χ0) is 14.4. The van der Waals surface area contributed by atoms with Gasteiger partial charge in [-0.15, -0.1) is 11.3 Å². The minimum absolute atomic E-state index is 0.0394. The Labute approximate surface area is 124 Å². The van der Waals surface area contributed by atoms with Crippen molar-refractivity contribution in [3.63, 3.8) is 0 Å². The SMILES string of the molecule is CCC1CCCC(NC(=O)c2ccc(C#CCN)s2)C1. The maximum absolute atomic E-state index is 12.2. The first kappa shape index (κ1) is 15.1. The van der Waals surface area contributed by atoms with Gasteiger partial charge in [-0.3, -0.25) is 4.79 Å². The fraction of sp³-hybridized carbons (Fsp3) is 0.562. The molecular weight excluding hydrogens is 268 g/mol. The second-order valence-corrected chi connectivity index (χ2v) is 6.36. The van der Waals surface area contributed by atoms with Gasteiger partial charge in [0.2, 0.25) is 0 Å². The zero-order valence-corrected chi connectivity index (χ0v) is 12.8. The molecule has 1 amide bonds. The molecule has 3 nitrogen and oxygen atoms in total. The molecule has 0 bridgehead atoms. The number of nitrogens with one attached hydrogen (secondary N) is 1. The van der Waals surface area contributed by atoms with Gasteiger partial charge in [0.1, 0.15) is 0 Å². The minimum atomic E-state index is 0.0394. The molecule has 1 aliphatic carbocycles. The Balaban J connectivity index is 1.92. The molecule has 1 aromatic rings. The highest BCUT2D eigenvalue weighted by atomic mass is 32.1. The Morgan fingerprint density at radius 3 is 3.10 bits per heavy atom. The van der Waals surface area contributed by atoms with Crippen LogP contribution in [0.4, 0.5) is 0 Å². The molecule has 2 rings (SSSR count). The molecule has 0 aliphatic heterocycles. The van der Waals surface area contributed by atoms with E-state index >= 15 is 0 Å². The van der Waals surface area contributed by atoms with E-state index in [0.717, 1.165) is 28.5 Å². The quantitative estimate of drug-likeness (QED) is 0.841. The molecule has 2 atom stereocenters. The predicted molar refractivity (Wildman–Crippen MR) is 83.8 cm³/mol. The smallest absolute Gasteiger partial charge is 0.261 e. The van der Waals surface area contributed by atoms with Gasteiger partial charge in [0.15, 0.2) is 0 Å². The summed E-state index contributed by atoms with van der Waals surface area (Å²) in [5.41, 5.74) is 5.34. The van der Waals surface area contributed by atoms with E-state index in [-0.39, 0.29) is 5.91 Å². The van der Waals surface area contributed by atoms with Gasteiger partial charge in [-0.2, -0.15) is 0 Å². The maximum atomic E-state index is 12.2. The van der Waals surface area contributed by atoms with E-state index < -0.39 is 0 Å². The van der Waals surface area contributed by atoms with Crippen LogP contribution < -0.4 is 11.1 Å². The van der Waals surface area contributed by atoms with E-state index in [9.17, 15) is 4.79 Å². The van der Waals surface area contributed by atoms with E-state index in [1.807, 2.05) is 12.1 Å². The predicted octanol–water partition coefficient (Wildman–Crippen LogP) is 2.76. The molecule has 1 saturated carbocycles. The number of rotatable bonds is 3. The standard InChI is InChI=1S/C16H22N2OS/c1-2-12-5-3-6-13(11-12)18-16(19)15-9-8-14(20-15)7-4-10-17/h8-9,12-13H,2-3,5-6,10-11,17H2,1H3,(H,18,19). The van der Waals surface area contributed by atoms with Crippen LogP contribution in [0.1, 0.15) is 53.6 Å². The van der Waals surface area contributed by atoms with Crippen LogP contribution in [0, 0.1) is 17.8 Å². The topological polar surface area (TPSA) is 55.1 Å². The van der Waals surface area contributed by atoms with Gasteiger partial charge in [0.25, 0.3) is 5.91 Å². The Kier molecular flexibility index (Phi) is 5.63. The first-order chi connectivity index (χ1) is 9.72. The van der Waals surface area contributed by atoms with Crippen molar-refractivity contribution in [2.45, 2.75) is 45.1 Å². The molecule has 3 N–H and O–H groups in total. The normalized spacial score (nSPS) is 21.9. The average molecular weight is 290 g/mol. The molecule has 0 aromatic carbocycles. The molecule has 0 radical (unpaired) electrons. The molecule has 4 heteroatoms. The third-order valence-electron chi connectivity index (χ3n) is 3.84. The van der Waals surface area contributed by atoms with Gasteiger partial charge in [0.05, 0.1) is 16.3 Å². The Morgan fingerprint density at radius 1 is 1.50 bits per heavy atom. The van der Waals surface area contributed by atoms with Crippen molar-refractivity contribution in [3.05, 3.63) is 21.9 Å². The molecule has 1 aliphatic rings. The van der Waals surface area contributed by atoms with Gasteiger partial charge >= 0.3 is 0 Å². The van der Waals surface area contributed by atoms with Crippen molar-refractivity contribution in [2.24, 2.45) is 11.7 Å². The molecule has 1 fully saturated rings. The number of amides is 1. The van der Waals surface area contributed by atoms with Crippen LogP contribution in [-0.2, 0) is 0 Å². The second kappa shape index (κ2) is 7.47. The summed E-state index contributed by atoms with van der Waals surface area (Å²) in [6.07, 6.45) is 5.97. The maximum Gasteiger partial charge on any atom is 0.261 e. The summed E-state index contributed by atoms with van der Waals surface area (Å²) in [5.74, 6) is 6.58. The summed E-state index contributed by atoms with van der Waals surface area (Å²) < 4.78 is 0. The van der Waals surface area contributed by atoms with Crippen molar-refractivity contribution < 1.29 is 4.79 Å². The number of carbonyl (C=O) groups is 1. The lowest BCUT2D eigenvalue weighted by molar-refractivity contribution is 0.0923. The highest BCUT2D eigenvalue weighted by Crippen LogP contribution is 2.27.